The Morgan fingerprint density at radius 2 is 0.974 bits per heavy atom. The van der Waals surface area contributed by atoms with Gasteiger partial charge >= 0.3 is 12.2 Å². The summed E-state index contributed by atoms with van der Waals surface area (Å²) in [5.74, 6) is 1.85. The normalized spacial score (nSPS) is 22.3. The van der Waals surface area contributed by atoms with Gasteiger partial charge in [0.2, 0.25) is 0 Å². The molecule has 0 bridgehead atoms. The van der Waals surface area contributed by atoms with Gasteiger partial charge < -0.3 is 41.3 Å². The van der Waals surface area contributed by atoms with Gasteiger partial charge in [0.05, 0.1) is 45.7 Å². The zero-order valence-electron chi connectivity index (χ0n) is 44.4. The molecule has 4 fully saturated rings. The first-order chi connectivity index (χ1) is 36.3. The van der Waals surface area contributed by atoms with Crippen molar-refractivity contribution >= 4 is 165 Å². The molecule has 0 aliphatic heterocycles. The molecule has 0 spiro atoms. The van der Waals surface area contributed by atoms with Gasteiger partial charge in [-0.1, -0.05) is 63.7 Å². The van der Waals surface area contributed by atoms with Crippen LogP contribution < -0.4 is 22.1 Å². The molecule has 0 saturated heterocycles. The fourth-order valence-electron chi connectivity index (χ4n) is 8.66. The predicted molar refractivity (Wildman–Crippen MR) is 334 cm³/mol. The number of rotatable bonds is 7. The van der Waals surface area contributed by atoms with Crippen molar-refractivity contribution in [2.24, 2.45) is 11.7 Å². The fourth-order valence-corrected chi connectivity index (χ4v) is 13.4. The van der Waals surface area contributed by atoms with Crippen LogP contribution in [0.2, 0.25) is 0 Å². The second kappa shape index (κ2) is 27.0. The summed E-state index contributed by atoms with van der Waals surface area (Å²) in [4.78, 5) is 50.5. The Balaban J connectivity index is 0.000000143. The van der Waals surface area contributed by atoms with Gasteiger partial charge in [-0.2, -0.15) is 0 Å². The zero-order valence-corrected chi connectivity index (χ0v) is 54.1. The maximum absolute atomic E-state index is 11.7. The highest BCUT2D eigenvalue weighted by Crippen LogP contribution is 2.43. The topological polar surface area (TPSA) is 188 Å². The molecule has 4 aromatic carbocycles. The highest BCUT2D eigenvalue weighted by molar-refractivity contribution is 9.11. The van der Waals surface area contributed by atoms with Gasteiger partial charge in [-0.15, -0.1) is 46.6 Å². The fraction of sp³-hybridized carbons (Fsp3) is 0.464. The van der Waals surface area contributed by atoms with Crippen LogP contribution in [-0.4, -0.2) is 87.8 Å². The minimum Gasteiger partial charge on any atom is -0.444 e. The Kier molecular flexibility index (Phi) is 21.5. The highest BCUT2D eigenvalue weighted by atomic mass is 79.9. The van der Waals surface area contributed by atoms with Crippen LogP contribution in [0.1, 0.15) is 126 Å². The maximum Gasteiger partial charge on any atom is 0.407 e. The van der Waals surface area contributed by atoms with Crippen LogP contribution in [0.25, 0.3) is 30.6 Å². The number of nitrogen functional groups attached to an aromatic ring is 1. The molecule has 2 amide bonds. The molecule has 13 nitrogen and oxygen atoms in total. The van der Waals surface area contributed by atoms with E-state index in [0.717, 1.165) is 95.2 Å². The van der Waals surface area contributed by atoms with Crippen LogP contribution in [0.15, 0.2) is 95.6 Å². The summed E-state index contributed by atoms with van der Waals surface area (Å²) in [7, 11) is 4.33. The molecule has 4 saturated carbocycles. The first-order valence-electron chi connectivity index (χ1n) is 25.5. The van der Waals surface area contributed by atoms with Crippen molar-refractivity contribution in [3.63, 3.8) is 0 Å². The standard InChI is InChI=1S/C16H19BrN2O2S.C13H15BrN2S.C11H11BrN2S.C10H17NO3.C6H6BrNS/c1-16(2,3)21-15(20)18-11-6-9(7-11)14-19-12-8-10(17)4-5-13(12)22-14;1-16(2)10-5-8(6-10)13-15-11-7-9(14)3-4-12(11)17-13;12-7-1-2-10-9(5-7)14-11(15-10)6-3-8(13)4-6;1-10(2,3)14-9(13)11-8-4-7(5-8)6-12;7-4-1-2-6(9)5(8)3-4/h4-5,8-9,11H,6-7H2,1-3H3,(H,18,20);3-4,7-8,10H,5-6H2,1-2H3;1-2,5-6,8H,3-4,13H2;6-8H,4-5H2,1-3H3,(H,11,13);1-3,9H,8H2. The van der Waals surface area contributed by atoms with Crippen LogP contribution in [0.3, 0.4) is 0 Å². The molecule has 0 radical (unpaired) electrons. The van der Waals surface area contributed by atoms with Crippen LogP contribution in [0, 0.1) is 5.92 Å². The summed E-state index contributed by atoms with van der Waals surface area (Å²) in [5, 5.41) is 9.37. The van der Waals surface area contributed by atoms with E-state index >= 15 is 0 Å². The van der Waals surface area contributed by atoms with Crippen molar-refractivity contribution < 1.29 is 23.9 Å². The molecule has 21 heteroatoms. The third-order valence-electron chi connectivity index (χ3n) is 13.1. The number of carbonyl (C=O) groups is 3. The number of carbonyl (C=O) groups excluding carboxylic acids is 3. The second-order valence-electron chi connectivity index (χ2n) is 22.1. The maximum atomic E-state index is 11.7. The molecule has 6 N–H and O–H groups in total. The molecule has 77 heavy (non-hydrogen) atoms. The number of ether oxygens (including phenoxy) is 2. The summed E-state index contributed by atoms with van der Waals surface area (Å²) in [6.07, 6.45) is 8.26. The number of nitrogens with one attached hydrogen (secondary N) is 2. The number of nitrogens with zero attached hydrogens (tertiary/aromatic N) is 4. The third kappa shape index (κ3) is 18.4. The number of thiol groups is 1. The number of nitrogens with two attached hydrogens (primary N) is 2. The van der Waals surface area contributed by atoms with Crippen molar-refractivity contribution in [3.8, 4) is 0 Å². The van der Waals surface area contributed by atoms with Gasteiger partial charge in [-0.3, -0.25) is 0 Å². The molecule has 414 valence electrons. The number of halogens is 4. The van der Waals surface area contributed by atoms with Crippen molar-refractivity contribution in [3.05, 3.63) is 106 Å². The van der Waals surface area contributed by atoms with Gasteiger partial charge in [0.25, 0.3) is 0 Å². The number of anilines is 1. The molecule has 7 aromatic rings. The lowest BCUT2D eigenvalue weighted by atomic mass is 9.80. The molecular formula is C56H68Br4N8O5S4. The number of aldehydes is 1. The van der Waals surface area contributed by atoms with Crippen molar-refractivity contribution in [1.82, 2.24) is 30.5 Å². The second-order valence-corrected chi connectivity index (χ2v) is 29.5. The minimum atomic E-state index is -0.460. The van der Waals surface area contributed by atoms with E-state index in [0.29, 0.717) is 29.5 Å². The highest BCUT2D eigenvalue weighted by Gasteiger charge is 2.36. The van der Waals surface area contributed by atoms with Crippen molar-refractivity contribution in [2.45, 2.75) is 151 Å². The number of hydrogen-bond acceptors (Lipinski definition) is 15. The quantitative estimate of drug-likeness (QED) is 0.0580. The van der Waals surface area contributed by atoms with E-state index in [2.05, 4.69) is 153 Å². The number of aromatic nitrogens is 3. The van der Waals surface area contributed by atoms with Crippen LogP contribution >= 0.6 is 110 Å². The van der Waals surface area contributed by atoms with Crippen molar-refractivity contribution in [2.75, 3.05) is 19.8 Å². The zero-order chi connectivity index (χ0) is 55.9. The summed E-state index contributed by atoms with van der Waals surface area (Å²) >= 11 is 23.2. The van der Waals surface area contributed by atoms with Gasteiger partial charge in [-0.25, -0.2) is 24.5 Å². The lowest BCUT2D eigenvalue weighted by molar-refractivity contribution is -0.113. The molecule has 3 aromatic heterocycles. The molecule has 4 aliphatic carbocycles. The summed E-state index contributed by atoms with van der Waals surface area (Å²) in [5.41, 5.74) is 14.4. The molecule has 11 rings (SSSR count). The average molecular weight is 1380 g/mol. The summed E-state index contributed by atoms with van der Waals surface area (Å²) < 4.78 is 18.4. The van der Waals surface area contributed by atoms with E-state index in [4.69, 9.17) is 30.9 Å². The summed E-state index contributed by atoms with van der Waals surface area (Å²) in [6.45, 7) is 11.1. The van der Waals surface area contributed by atoms with Crippen LogP contribution in [0.5, 0.6) is 0 Å². The molecule has 0 atom stereocenters. The largest absolute Gasteiger partial charge is 0.444 e. The number of fused-ring (bicyclic) bond motifs is 3. The van der Waals surface area contributed by atoms with Gasteiger partial charge in [0.15, 0.2) is 0 Å². The molecule has 3 heterocycles. The van der Waals surface area contributed by atoms with Gasteiger partial charge in [-0.05, 0) is 180 Å². The summed E-state index contributed by atoms with van der Waals surface area (Å²) in [6, 6.07) is 25.8. The third-order valence-corrected chi connectivity index (χ3v) is 19.1. The number of alkyl carbamates (subject to hydrolysis) is 2. The average Bonchev–Trinajstić information content (AvgIpc) is 4.01. The predicted octanol–water partition coefficient (Wildman–Crippen LogP) is 15.8. The SMILES string of the molecule is CC(C)(C)OC(=O)NC1CC(C=O)C1.CC(C)(C)OC(=O)NC1CC(c2nc3cc(Br)ccc3s2)C1.CN(C)C1CC(c2nc3cc(Br)ccc3s2)C1.NC1CC(c2nc3cc(Br)ccc3s2)C1.Nc1cc(Br)ccc1S. The monoisotopic (exact) mass is 1380 g/mol. The molecular weight excluding hydrogens is 1310 g/mol. The first kappa shape index (κ1) is 61.4. The minimum absolute atomic E-state index is 0.111. The lowest BCUT2D eigenvalue weighted by Crippen LogP contribution is -2.46. The van der Waals surface area contributed by atoms with E-state index in [9.17, 15) is 14.4 Å². The van der Waals surface area contributed by atoms with E-state index in [1.165, 1.54) is 37.0 Å². The molecule has 4 aliphatic rings. The van der Waals surface area contributed by atoms with Crippen LogP contribution in [-0.2, 0) is 14.3 Å². The Morgan fingerprint density at radius 3 is 1.32 bits per heavy atom. The number of amides is 2. The van der Waals surface area contributed by atoms with E-state index in [1.807, 2.05) is 83.2 Å². The number of benzene rings is 4. The Bertz CT molecular complexity index is 3130. The smallest absolute Gasteiger partial charge is 0.407 e. The Morgan fingerprint density at radius 1 is 0.610 bits per heavy atom. The number of thiazole rings is 3. The van der Waals surface area contributed by atoms with Gasteiger partial charge in [0.1, 0.15) is 17.5 Å². The first-order valence-corrected chi connectivity index (χ1v) is 31.6. The molecule has 0 unspecified atom stereocenters. The van der Waals surface area contributed by atoms with Gasteiger partial charge in [0, 0.05) is 76.3 Å². The Labute approximate surface area is 503 Å². The lowest BCUT2D eigenvalue weighted by Gasteiger charge is -2.38. The van der Waals surface area contributed by atoms with E-state index in [1.54, 1.807) is 22.7 Å². The van der Waals surface area contributed by atoms with E-state index < -0.39 is 17.3 Å². The van der Waals surface area contributed by atoms with Crippen LogP contribution in [0.4, 0.5) is 15.3 Å². The number of hydrogen-bond donors (Lipinski definition) is 5. The van der Waals surface area contributed by atoms with Crippen molar-refractivity contribution in [1.29, 1.82) is 0 Å². The van der Waals surface area contributed by atoms with E-state index in [-0.39, 0.29) is 24.1 Å². The Hall–Kier alpha value is -3.25.